The zero-order valence-corrected chi connectivity index (χ0v) is 18.0. The van der Waals surface area contributed by atoms with Crippen molar-refractivity contribution in [2.75, 3.05) is 26.4 Å². The van der Waals surface area contributed by atoms with Gasteiger partial charge in [-0.15, -0.1) is 0 Å². The number of hydrogen-bond donors (Lipinski definition) is 6. The molecule has 3 saturated carbocycles. The van der Waals surface area contributed by atoms with E-state index in [0.717, 1.165) is 18.8 Å². The Morgan fingerprint density at radius 2 is 1.65 bits per heavy atom. The summed E-state index contributed by atoms with van der Waals surface area (Å²) in [6.07, 6.45) is -5.82. The second-order valence-electron chi connectivity index (χ2n) is 10.3. The van der Waals surface area contributed by atoms with Crippen molar-refractivity contribution in [2.45, 2.75) is 81.8 Å². The maximum atomic E-state index is 10.3. The lowest BCUT2D eigenvalue weighted by Gasteiger charge is -2.60. The minimum absolute atomic E-state index is 0.283. The third-order valence-corrected chi connectivity index (χ3v) is 8.15. The molecule has 10 heteroatoms. The largest absolute Gasteiger partial charge is 0.393 e. The van der Waals surface area contributed by atoms with Crippen molar-refractivity contribution in [1.29, 1.82) is 0 Å². The van der Waals surface area contributed by atoms with Crippen LogP contribution < -0.4 is 0 Å². The van der Waals surface area contributed by atoms with E-state index < -0.39 is 55.3 Å². The predicted octanol–water partition coefficient (Wildman–Crippen LogP) is -1.66. The normalized spacial score (nSPS) is 51.5. The molecule has 2 aliphatic heterocycles. The van der Waals surface area contributed by atoms with Crippen LogP contribution in [0.1, 0.15) is 33.1 Å². The van der Waals surface area contributed by atoms with Gasteiger partial charge in [-0.05, 0) is 42.4 Å². The number of rotatable bonds is 7. The quantitative estimate of drug-likeness (QED) is 0.266. The highest BCUT2D eigenvalue weighted by atomic mass is 16.7. The molecule has 0 radical (unpaired) electrons. The summed E-state index contributed by atoms with van der Waals surface area (Å²) in [6, 6.07) is 0. The summed E-state index contributed by atoms with van der Waals surface area (Å²) in [5, 5.41) is 60.2. The highest BCUT2D eigenvalue weighted by Gasteiger charge is 2.55. The molecule has 11 atom stereocenters. The van der Waals surface area contributed by atoms with E-state index in [1.807, 2.05) is 0 Å². The molecule has 0 aromatic heterocycles. The van der Waals surface area contributed by atoms with E-state index in [2.05, 4.69) is 13.8 Å². The molecule has 5 aliphatic rings. The van der Waals surface area contributed by atoms with Crippen molar-refractivity contribution in [3.05, 3.63) is 0 Å². The van der Waals surface area contributed by atoms with Crippen LogP contribution in [0, 0.1) is 23.2 Å². The summed E-state index contributed by atoms with van der Waals surface area (Å²) < 4.78 is 22.1. The Morgan fingerprint density at radius 3 is 2.26 bits per heavy atom. The van der Waals surface area contributed by atoms with Crippen LogP contribution in [0.15, 0.2) is 0 Å². The predicted molar refractivity (Wildman–Crippen MR) is 104 cm³/mol. The highest BCUT2D eigenvalue weighted by molar-refractivity contribution is 5.03. The van der Waals surface area contributed by atoms with E-state index in [0.29, 0.717) is 23.9 Å². The van der Waals surface area contributed by atoms with Crippen molar-refractivity contribution >= 4 is 0 Å². The third-order valence-electron chi connectivity index (χ3n) is 8.15. The molecule has 2 saturated heterocycles. The molecule has 10 nitrogen and oxygen atoms in total. The van der Waals surface area contributed by atoms with E-state index in [1.165, 1.54) is 6.42 Å². The lowest BCUT2D eigenvalue weighted by molar-refractivity contribution is -0.314. The van der Waals surface area contributed by atoms with Crippen LogP contribution in [0.2, 0.25) is 0 Å². The Morgan fingerprint density at radius 1 is 0.935 bits per heavy atom. The maximum Gasteiger partial charge on any atom is 0.186 e. The van der Waals surface area contributed by atoms with Gasteiger partial charge in [0.15, 0.2) is 12.6 Å². The Bertz CT molecular complexity index is 629. The average Bonchev–Trinajstić information content (AvgIpc) is 3.05. The van der Waals surface area contributed by atoms with Crippen LogP contribution in [0.4, 0.5) is 0 Å². The molecule has 0 aromatic carbocycles. The summed E-state index contributed by atoms with van der Waals surface area (Å²) in [4.78, 5) is 0. The van der Waals surface area contributed by atoms with E-state index >= 15 is 0 Å². The van der Waals surface area contributed by atoms with Crippen molar-refractivity contribution in [2.24, 2.45) is 23.2 Å². The molecule has 0 spiro atoms. The molecule has 3 aliphatic carbocycles. The summed E-state index contributed by atoms with van der Waals surface area (Å²) in [6.45, 7) is 3.68. The Balaban J connectivity index is 1.31. The fourth-order valence-electron chi connectivity index (χ4n) is 5.70. The second-order valence-corrected chi connectivity index (χ2v) is 10.3. The van der Waals surface area contributed by atoms with E-state index in [9.17, 15) is 30.6 Å². The summed E-state index contributed by atoms with van der Waals surface area (Å²) >= 11 is 0. The monoisotopic (exact) mass is 448 g/mol. The zero-order chi connectivity index (χ0) is 22.6. The van der Waals surface area contributed by atoms with Crippen molar-refractivity contribution in [3.63, 3.8) is 0 Å². The van der Waals surface area contributed by atoms with E-state index in [1.54, 1.807) is 0 Å². The molecule has 31 heavy (non-hydrogen) atoms. The Labute approximate surface area is 181 Å². The van der Waals surface area contributed by atoms with Crippen LogP contribution in [0.3, 0.4) is 0 Å². The van der Waals surface area contributed by atoms with Crippen LogP contribution >= 0.6 is 0 Å². The lowest BCUT2D eigenvalue weighted by atomic mass is 9.46. The van der Waals surface area contributed by atoms with E-state index in [-0.39, 0.29) is 13.2 Å². The van der Waals surface area contributed by atoms with Gasteiger partial charge in [-0.2, -0.15) is 0 Å². The summed E-state index contributed by atoms with van der Waals surface area (Å²) in [5.74, 6) is 1.68. The SMILES string of the molecule is CC1(C)[C@H]2CC[C@@H](CO[C@@H]3O[C@H](CO[C@@H]4OC[C@](O)(CO)[C@H]4O)[C@@H](O)[C@H](O)[C@H]3O)[C@@H]1C2. The van der Waals surface area contributed by atoms with Gasteiger partial charge in [-0.3, -0.25) is 0 Å². The van der Waals surface area contributed by atoms with Crippen LogP contribution in [-0.2, 0) is 18.9 Å². The second kappa shape index (κ2) is 8.75. The van der Waals surface area contributed by atoms with Crippen molar-refractivity contribution in [3.8, 4) is 0 Å². The molecular weight excluding hydrogens is 412 g/mol. The summed E-state index contributed by atoms with van der Waals surface area (Å²) in [7, 11) is 0. The van der Waals surface area contributed by atoms with Crippen molar-refractivity contribution < 1.29 is 49.6 Å². The van der Waals surface area contributed by atoms with Gasteiger partial charge in [0.05, 0.1) is 26.4 Å². The number of fused-ring (bicyclic) bond motifs is 2. The van der Waals surface area contributed by atoms with Gasteiger partial charge >= 0.3 is 0 Å². The molecule has 0 unspecified atom stereocenters. The van der Waals surface area contributed by atoms with Gasteiger partial charge in [0.2, 0.25) is 0 Å². The zero-order valence-electron chi connectivity index (χ0n) is 18.0. The molecule has 5 fully saturated rings. The van der Waals surface area contributed by atoms with E-state index in [4.69, 9.17) is 18.9 Å². The fraction of sp³-hybridized carbons (Fsp3) is 1.00. The maximum absolute atomic E-state index is 10.3. The van der Waals surface area contributed by atoms with Crippen LogP contribution in [0.5, 0.6) is 0 Å². The lowest BCUT2D eigenvalue weighted by Crippen LogP contribution is -2.60. The summed E-state index contributed by atoms with van der Waals surface area (Å²) in [5.41, 5.74) is -1.53. The van der Waals surface area contributed by atoms with Gasteiger partial charge in [0.25, 0.3) is 0 Å². The molecule has 0 aromatic rings. The number of aliphatic hydroxyl groups is 6. The first-order valence-corrected chi connectivity index (χ1v) is 11.1. The minimum atomic E-state index is -1.83. The Kier molecular flexibility index (Phi) is 6.70. The number of ether oxygens (including phenoxy) is 4. The van der Waals surface area contributed by atoms with Gasteiger partial charge in [-0.1, -0.05) is 13.8 Å². The van der Waals surface area contributed by atoms with Gasteiger partial charge in [-0.25, -0.2) is 0 Å². The molecule has 0 amide bonds. The average molecular weight is 449 g/mol. The third kappa shape index (κ3) is 4.16. The van der Waals surface area contributed by atoms with Crippen molar-refractivity contribution in [1.82, 2.24) is 0 Å². The first-order chi connectivity index (χ1) is 14.6. The first-order valence-electron chi connectivity index (χ1n) is 11.1. The topological polar surface area (TPSA) is 158 Å². The smallest absolute Gasteiger partial charge is 0.186 e. The van der Waals surface area contributed by atoms with Crippen LogP contribution in [-0.4, -0.2) is 106 Å². The minimum Gasteiger partial charge on any atom is -0.393 e. The Hall–Kier alpha value is -0.400. The number of hydrogen-bond acceptors (Lipinski definition) is 10. The molecular formula is C21H36O10. The molecule has 5 rings (SSSR count). The fourth-order valence-corrected chi connectivity index (χ4v) is 5.70. The van der Waals surface area contributed by atoms with Gasteiger partial charge in [0.1, 0.15) is 36.1 Å². The highest BCUT2D eigenvalue weighted by Crippen LogP contribution is 2.61. The van der Waals surface area contributed by atoms with Gasteiger partial charge < -0.3 is 49.6 Å². The van der Waals surface area contributed by atoms with Gasteiger partial charge in [0, 0.05) is 0 Å². The molecule has 180 valence electrons. The molecule has 2 bridgehead atoms. The molecule has 2 heterocycles. The molecule has 6 N–H and O–H groups in total. The number of aliphatic hydroxyl groups excluding tert-OH is 5. The van der Waals surface area contributed by atoms with Crippen LogP contribution in [0.25, 0.3) is 0 Å². The standard InChI is InChI=1S/C21H36O10/c1-20(2)11-4-3-10(12(20)5-11)6-28-18-16(25)15(24)14(23)13(31-18)7-29-19-17(26)21(27,8-22)9-30-19/h10-19,22-27H,3-9H2,1-2H3/t10-,11-,12-,13+,14+,15-,16+,17-,18+,19+,21+/m0/s1. The first kappa shape index (κ1) is 23.7.